The van der Waals surface area contributed by atoms with Gasteiger partial charge in [0.1, 0.15) is 5.69 Å². The number of benzene rings is 2. The smallest absolute Gasteiger partial charge is 0.108 e. The lowest BCUT2D eigenvalue weighted by molar-refractivity contribution is 1.38. The van der Waals surface area contributed by atoms with E-state index < -0.39 is 0 Å². The van der Waals surface area contributed by atoms with Gasteiger partial charge in [0.2, 0.25) is 0 Å². The number of aryl methyl sites for hydroxylation is 1. The molecule has 4 nitrogen and oxygen atoms in total. The van der Waals surface area contributed by atoms with E-state index in [2.05, 4.69) is 16.0 Å². The molecule has 0 saturated carbocycles. The molecule has 0 atom stereocenters. The predicted octanol–water partition coefficient (Wildman–Crippen LogP) is 3.83. The Morgan fingerprint density at radius 3 is 2.29 bits per heavy atom. The Hall–Kier alpha value is -2.36. The first kappa shape index (κ1) is 11.1. The predicted molar refractivity (Wildman–Crippen MR) is 70.3 cm³/mol. The van der Waals surface area contributed by atoms with Gasteiger partial charge >= 0.3 is 0 Å². The maximum atomic E-state index is 10.2. The number of nitrogens with one attached hydrogen (secondary N) is 2. The van der Waals surface area contributed by atoms with E-state index in [0.717, 1.165) is 11.4 Å². The summed E-state index contributed by atoms with van der Waals surface area (Å²) in [6.07, 6.45) is 0. The zero-order valence-electron chi connectivity index (χ0n) is 9.47. The Bertz CT molecular complexity index is 508. The highest BCUT2D eigenvalue weighted by Gasteiger charge is 1.94. The van der Waals surface area contributed by atoms with Crippen molar-refractivity contribution < 1.29 is 0 Å². The monoisotopic (exact) mass is 227 g/mol. The zero-order valence-corrected chi connectivity index (χ0v) is 9.47. The summed E-state index contributed by atoms with van der Waals surface area (Å²) < 4.78 is 0. The maximum Gasteiger partial charge on any atom is 0.108 e. The van der Waals surface area contributed by atoms with Gasteiger partial charge in [-0.15, -0.1) is 4.91 Å². The summed E-state index contributed by atoms with van der Waals surface area (Å²) in [5.41, 5.74) is 9.60. The molecule has 2 rings (SSSR count). The Morgan fingerprint density at radius 2 is 1.65 bits per heavy atom. The van der Waals surface area contributed by atoms with Crippen LogP contribution in [0.1, 0.15) is 5.56 Å². The van der Waals surface area contributed by atoms with Gasteiger partial charge in [-0.1, -0.05) is 12.1 Å². The van der Waals surface area contributed by atoms with Gasteiger partial charge in [0.15, 0.2) is 0 Å². The first-order valence-corrected chi connectivity index (χ1v) is 5.30. The Balaban J connectivity index is 1.99. The Morgan fingerprint density at radius 1 is 0.941 bits per heavy atom. The topological polar surface area (TPSA) is 53.5 Å². The van der Waals surface area contributed by atoms with Gasteiger partial charge in [-0.05, 0) is 54.1 Å². The standard InChI is InChI=1S/C13H13N3O/c1-10-3-2-4-13(9-10)15-14-11-5-7-12(16-17)8-6-11/h2-9,14-15H,1H3. The molecule has 2 aromatic rings. The lowest BCUT2D eigenvalue weighted by Gasteiger charge is -2.10. The fourth-order valence-electron chi connectivity index (χ4n) is 1.47. The van der Waals surface area contributed by atoms with Crippen LogP contribution in [0, 0.1) is 11.8 Å². The van der Waals surface area contributed by atoms with Gasteiger partial charge in [-0.3, -0.25) is 0 Å². The summed E-state index contributed by atoms with van der Waals surface area (Å²) in [6.45, 7) is 2.04. The molecule has 0 aliphatic rings. The fraction of sp³-hybridized carbons (Fsp3) is 0.0769. The van der Waals surface area contributed by atoms with Crippen LogP contribution in [-0.2, 0) is 0 Å². The fourth-order valence-corrected chi connectivity index (χ4v) is 1.47. The molecule has 0 aliphatic heterocycles. The van der Waals surface area contributed by atoms with Gasteiger partial charge in [0, 0.05) is 0 Å². The summed E-state index contributed by atoms with van der Waals surface area (Å²) in [4.78, 5) is 10.2. The minimum Gasteiger partial charge on any atom is -0.301 e. The van der Waals surface area contributed by atoms with E-state index in [9.17, 15) is 4.91 Å². The molecule has 0 amide bonds. The van der Waals surface area contributed by atoms with Crippen LogP contribution in [0.25, 0.3) is 0 Å². The van der Waals surface area contributed by atoms with Crippen LogP contribution in [0.3, 0.4) is 0 Å². The largest absolute Gasteiger partial charge is 0.301 e. The average molecular weight is 227 g/mol. The highest BCUT2D eigenvalue weighted by Crippen LogP contribution is 2.16. The van der Waals surface area contributed by atoms with E-state index in [-0.39, 0.29) is 0 Å². The third-order valence-corrected chi connectivity index (χ3v) is 2.34. The van der Waals surface area contributed by atoms with Crippen molar-refractivity contribution in [3.05, 3.63) is 59.0 Å². The first-order valence-electron chi connectivity index (χ1n) is 5.30. The van der Waals surface area contributed by atoms with Crippen molar-refractivity contribution >= 4 is 17.1 Å². The number of anilines is 2. The van der Waals surface area contributed by atoms with E-state index >= 15 is 0 Å². The van der Waals surface area contributed by atoms with E-state index in [1.54, 1.807) is 24.3 Å². The molecule has 86 valence electrons. The molecular weight excluding hydrogens is 214 g/mol. The highest BCUT2D eigenvalue weighted by molar-refractivity contribution is 5.56. The van der Waals surface area contributed by atoms with E-state index in [0.29, 0.717) is 5.69 Å². The van der Waals surface area contributed by atoms with Crippen molar-refractivity contribution in [2.24, 2.45) is 5.18 Å². The van der Waals surface area contributed by atoms with Crippen LogP contribution in [0.15, 0.2) is 53.7 Å². The van der Waals surface area contributed by atoms with Crippen LogP contribution in [0.5, 0.6) is 0 Å². The molecule has 0 aliphatic carbocycles. The average Bonchev–Trinajstić information content (AvgIpc) is 2.37. The lowest BCUT2D eigenvalue weighted by Crippen LogP contribution is -2.08. The molecule has 0 saturated heterocycles. The number of hydrogen-bond acceptors (Lipinski definition) is 4. The molecule has 0 radical (unpaired) electrons. The van der Waals surface area contributed by atoms with Gasteiger partial charge < -0.3 is 10.9 Å². The van der Waals surface area contributed by atoms with Crippen molar-refractivity contribution in [1.29, 1.82) is 0 Å². The minimum absolute atomic E-state index is 0.422. The summed E-state index contributed by atoms with van der Waals surface area (Å²) in [7, 11) is 0. The summed E-state index contributed by atoms with van der Waals surface area (Å²) in [5.74, 6) is 0. The normalized spacial score (nSPS) is 9.71. The maximum absolute atomic E-state index is 10.2. The summed E-state index contributed by atoms with van der Waals surface area (Å²) >= 11 is 0. The van der Waals surface area contributed by atoms with Crippen molar-refractivity contribution in [3.63, 3.8) is 0 Å². The molecular formula is C13H13N3O. The summed E-state index contributed by atoms with van der Waals surface area (Å²) in [5, 5.41) is 2.84. The molecule has 2 N–H and O–H groups in total. The molecule has 0 aromatic heterocycles. The Kier molecular flexibility index (Phi) is 3.35. The second-order valence-electron chi connectivity index (χ2n) is 3.76. The quantitative estimate of drug-likeness (QED) is 0.616. The van der Waals surface area contributed by atoms with E-state index in [1.807, 2.05) is 31.2 Å². The number of nitroso groups, excluding NO2 is 1. The first-order chi connectivity index (χ1) is 8.28. The van der Waals surface area contributed by atoms with Crippen LogP contribution in [0.2, 0.25) is 0 Å². The number of hydrazine groups is 1. The van der Waals surface area contributed by atoms with Crippen LogP contribution >= 0.6 is 0 Å². The van der Waals surface area contributed by atoms with Crippen molar-refractivity contribution in [2.75, 3.05) is 10.9 Å². The highest BCUT2D eigenvalue weighted by atomic mass is 16.3. The number of rotatable bonds is 4. The van der Waals surface area contributed by atoms with Gasteiger partial charge in [-0.2, -0.15) is 0 Å². The molecule has 0 unspecified atom stereocenters. The van der Waals surface area contributed by atoms with Gasteiger partial charge in [0.25, 0.3) is 0 Å². The van der Waals surface area contributed by atoms with Crippen molar-refractivity contribution in [2.45, 2.75) is 6.92 Å². The van der Waals surface area contributed by atoms with Crippen LogP contribution < -0.4 is 10.9 Å². The second kappa shape index (κ2) is 5.12. The van der Waals surface area contributed by atoms with Crippen molar-refractivity contribution in [3.8, 4) is 0 Å². The molecule has 17 heavy (non-hydrogen) atoms. The van der Waals surface area contributed by atoms with Crippen LogP contribution in [-0.4, -0.2) is 0 Å². The van der Waals surface area contributed by atoms with E-state index in [1.165, 1.54) is 5.56 Å². The molecule has 0 bridgehead atoms. The Labute approximate surface area is 99.6 Å². The zero-order chi connectivity index (χ0) is 12.1. The van der Waals surface area contributed by atoms with Crippen molar-refractivity contribution in [1.82, 2.24) is 0 Å². The SMILES string of the molecule is Cc1cccc(NNc2ccc(N=O)cc2)c1. The third-order valence-electron chi connectivity index (χ3n) is 2.34. The second-order valence-corrected chi connectivity index (χ2v) is 3.76. The molecule has 0 heterocycles. The molecule has 0 spiro atoms. The lowest BCUT2D eigenvalue weighted by atomic mass is 10.2. The molecule has 2 aromatic carbocycles. The van der Waals surface area contributed by atoms with Gasteiger partial charge in [-0.25, -0.2) is 0 Å². The van der Waals surface area contributed by atoms with E-state index in [4.69, 9.17) is 0 Å². The number of hydrogen-bond donors (Lipinski definition) is 2. The molecule has 0 fully saturated rings. The summed E-state index contributed by atoms with van der Waals surface area (Å²) in [6, 6.07) is 14.9. The van der Waals surface area contributed by atoms with Gasteiger partial charge in [0.05, 0.1) is 11.4 Å². The number of nitrogens with zero attached hydrogens (tertiary/aromatic N) is 1. The minimum atomic E-state index is 0.422. The molecule has 4 heteroatoms. The third kappa shape index (κ3) is 3.04. The van der Waals surface area contributed by atoms with Crippen LogP contribution in [0.4, 0.5) is 17.1 Å².